The molecule has 1 aliphatic heterocycles. The highest BCUT2D eigenvalue weighted by Crippen LogP contribution is 2.68. The van der Waals surface area contributed by atoms with Crippen LogP contribution < -0.4 is 0 Å². The van der Waals surface area contributed by atoms with Crippen molar-refractivity contribution in [3.05, 3.63) is 108 Å². The van der Waals surface area contributed by atoms with E-state index in [0.29, 0.717) is 5.75 Å². The van der Waals surface area contributed by atoms with Crippen LogP contribution in [0.2, 0.25) is 0 Å². The molecule has 2 atom stereocenters. The molecule has 1 N–H and O–H groups in total. The summed E-state index contributed by atoms with van der Waals surface area (Å²) in [6, 6.07) is 31.9. The Morgan fingerprint density at radius 1 is 0.725 bits per heavy atom. The van der Waals surface area contributed by atoms with Crippen molar-refractivity contribution in [2.24, 2.45) is 10.4 Å². The van der Waals surface area contributed by atoms with Crippen LogP contribution in [0.4, 0.5) is 5.69 Å². The lowest BCUT2D eigenvalue weighted by atomic mass is 9.60. The first-order chi connectivity index (χ1) is 18.8. The molecule has 4 aromatic carbocycles. The second kappa shape index (κ2) is 10.1. The van der Waals surface area contributed by atoms with Crippen molar-refractivity contribution < 1.29 is 5.11 Å². The first-order valence-electron chi connectivity index (χ1n) is 14.5. The van der Waals surface area contributed by atoms with Crippen molar-refractivity contribution in [1.82, 2.24) is 0 Å². The van der Waals surface area contributed by atoms with E-state index in [1.54, 1.807) is 0 Å². The van der Waals surface area contributed by atoms with Gasteiger partial charge in [0.05, 0.1) is 11.1 Å². The second-order valence-electron chi connectivity index (χ2n) is 13.9. The topological polar surface area (TPSA) is 32.6 Å². The third-order valence-corrected chi connectivity index (χ3v) is 12.4. The number of aromatic hydroxyl groups is 1. The van der Waals surface area contributed by atoms with Crippen molar-refractivity contribution in [1.29, 1.82) is 0 Å². The third kappa shape index (κ3) is 4.69. The molecule has 2 nitrogen and oxygen atoms in total. The maximum atomic E-state index is 12.3. The van der Waals surface area contributed by atoms with Crippen molar-refractivity contribution in [2.75, 3.05) is 6.16 Å². The second-order valence-corrected chi connectivity index (χ2v) is 16.9. The zero-order chi connectivity index (χ0) is 28.9. The molecule has 0 saturated carbocycles. The lowest BCUT2D eigenvalue weighted by molar-refractivity contribution is 0.252. The van der Waals surface area contributed by atoms with Crippen LogP contribution in [0.1, 0.15) is 78.5 Å². The summed E-state index contributed by atoms with van der Waals surface area (Å²) in [5.41, 5.74) is 4.58. The number of fused-ring (bicyclic) bond motifs is 1. The molecule has 0 amide bonds. The molecule has 40 heavy (non-hydrogen) atoms. The van der Waals surface area contributed by atoms with Gasteiger partial charge in [0.15, 0.2) is 0 Å². The van der Waals surface area contributed by atoms with Gasteiger partial charge in [-0.05, 0) is 40.2 Å². The van der Waals surface area contributed by atoms with Gasteiger partial charge in [0.2, 0.25) is 0 Å². The predicted molar refractivity (Wildman–Crippen MR) is 175 cm³/mol. The minimum absolute atomic E-state index is 0.0995. The van der Waals surface area contributed by atoms with Gasteiger partial charge in [-0.3, -0.25) is 4.99 Å². The fraction of sp³-hybridized carbons (Fsp3) is 0.378. The molecule has 0 bridgehead atoms. The monoisotopic (exact) mass is 549 g/mol. The average Bonchev–Trinajstić information content (AvgIpc) is 3.30. The van der Waals surface area contributed by atoms with E-state index in [1.807, 2.05) is 6.07 Å². The van der Waals surface area contributed by atoms with E-state index < -0.39 is 13.3 Å². The minimum Gasteiger partial charge on any atom is -0.507 e. The highest BCUT2D eigenvalue weighted by atomic mass is 31.1. The molecule has 0 radical (unpaired) electrons. The molecule has 0 aliphatic carbocycles. The molecule has 208 valence electrons. The Kier molecular flexibility index (Phi) is 7.25. The van der Waals surface area contributed by atoms with Gasteiger partial charge in [-0.1, -0.05) is 148 Å². The SMILES string of the molecule is CC(C)(c1ccccc1)c1cccc(C2(C(C)(C)C)CCP(C(C)(C)C)C2=Nc2cccc3ccccc23)c1O. The standard InChI is InChI=1S/C37H44NOP/c1-34(2,3)37(30-22-15-21-29(32(30)39)36(7,8)27-18-10-9-11-19-27)24-25-40(35(4,5)6)33(37)38-31-23-14-17-26-16-12-13-20-28(26)31/h9-23,39H,24-25H2,1-8H3. The number of para-hydroxylation sites is 1. The van der Waals surface area contributed by atoms with E-state index >= 15 is 0 Å². The Hall–Kier alpha value is -2.96. The lowest BCUT2D eigenvalue weighted by Gasteiger charge is -2.45. The van der Waals surface area contributed by atoms with Crippen molar-refractivity contribution >= 4 is 29.8 Å². The molecule has 1 aliphatic rings. The molecule has 5 rings (SSSR count). The Balaban J connectivity index is 1.80. The highest BCUT2D eigenvalue weighted by Gasteiger charge is 2.57. The van der Waals surface area contributed by atoms with E-state index in [2.05, 4.69) is 140 Å². The zero-order valence-corrected chi connectivity index (χ0v) is 26.3. The van der Waals surface area contributed by atoms with Gasteiger partial charge in [-0.25, -0.2) is 0 Å². The predicted octanol–water partition coefficient (Wildman–Crippen LogP) is 10.6. The maximum Gasteiger partial charge on any atom is 0.123 e. The molecule has 2 unspecified atom stereocenters. The molecule has 1 heterocycles. The lowest BCUT2D eigenvalue weighted by Crippen LogP contribution is -2.44. The molecule has 1 saturated heterocycles. The van der Waals surface area contributed by atoms with E-state index in [-0.39, 0.29) is 16.0 Å². The molecule has 4 aromatic rings. The highest BCUT2D eigenvalue weighted by molar-refractivity contribution is 7.77. The fourth-order valence-corrected chi connectivity index (χ4v) is 10.1. The summed E-state index contributed by atoms with van der Waals surface area (Å²) in [4.78, 5) is 5.66. The van der Waals surface area contributed by atoms with Crippen LogP contribution in [0.15, 0.2) is 96.0 Å². The molecule has 0 aromatic heterocycles. The summed E-state index contributed by atoms with van der Waals surface area (Å²) in [6.07, 6.45) is 2.08. The number of benzene rings is 4. The Morgan fingerprint density at radius 3 is 2.02 bits per heavy atom. The van der Waals surface area contributed by atoms with E-state index in [1.165, 1.54) is 21.8 Å². The summed E-state index contributed by atoms with van der Waals surface area (Å²) >= 11 is 0. The van der Waals surface area contributed by atoms with Gasteiger partial charge in [-0.15, -0.1) is 0 Å². The third-order valence-electron chi connectivity index (χ3n) is 9.10. The summed E-state index contributed by atoms with van der Waals surface area (Å²) in [5.74, 6) is 0.419. The Bertz CT molecular complexity index is 1550. The average molecular weight is 550 g/mol. The van der Waals surface area contributed by atoms with Crippen molar-refractivity contribution in [2.45, 2.75) is 77.8 Å². The largest absolute Gasteiger partial charge is 0.507 e. The number of phenols is 1. The van der Waals surface area contributed by atoms with Crippen LogP contribution >= 0.6 is 7.92 Å². The van der Waals surface area contributed by atoms with Gasteiger partial charge in [-0.2, -0.15) is 0 Å². The van der Waals surface area contributed by atoms with Gasteiger partial charge in [0, 0.05) is 27.3 Å². The number of phenolic OH excluding ortho intramolecular Hbond substituents is 1. The van der Waals surface area contributed by atoms with Crippen LogP contribution in [-0.2, 0) is 10.8 Å². The van der Waals surface area contributed by atoms with Gasteiger partial charge < -0.3 is 5.11 Å². The summed E-state index contributed by atoms with van der Waals surface area (Å²) < 4.78 is 0. The minimum atomic E-state index is -0.559. The van der Waals surface area contributed by atoms with Gasteiger partial charge in [0.1, 0.15) is 5.75 Å². The molecule has 3 heteroatoms. The first-order valence-corrected chi connectivity index (χ1v) is 16.0. The molecule has 1 fully saturated rings. The number of nitrogens with zero attached hydrogens (tertiary/aromatic N) is 1. The quantitative estimate of drug-likeness (QED) is 0.252. The van der Waals surface area contributed by atoms with Crippen LogP contribution in [0.5, 0.6) is 5.75 Å². The summed E-state index contributed by atoms with van der Waals surface area (Å²) in [7, 11) is -0.559. The number of rotatable bonds is 4. The smallest absolute Gasteiger partial charge is 0.123 e. The first kappa shape index (κ1) is 28.6. The van der Waals surface area contributed by atoms with E-state index in [4.69, 9.17) is 4.99 Å². The van der Waals surface area contributed by atoms with Crippen molar-refractivity contribution in [3.8, 4) is 5.75 Å². The maximum absolute atomic E-state index is 12.3. The zero-order valence-electron chi connectivity index (χ0n) is 25.4. The number of aliphatic imine (C=N–C) groups is 1. The van der Waals surface area contributed by atoms with Crippen LogP contribution in [-0.4, -0.2) is 21.9 Å². The van der Waals surface area contributed by atoms with E-state index in [0.717, 1.165) is 29.4 Å². The van der Waals surface area contributed by atoms with Crippen molar-refractivity contribution in [3.63, 3.8) is 0 Å². The molecular weight excluding hydrogens is 505 g/mol. The summed E-state index contributed by atoms with van der Waals surface area (Å²) in [5, 5.41) is 14.8. The van der Waals surface area contributed by atoms with Gasteiger partial charge >= 0.3 is 0 Å². The normalized spacial score (nSPS) is 21.3. The molecular formula is C37H44NOP. The van der Waals surface area contributed by atoms with E-state index in [9.17, 15) is 5.11 Å². The van der Waals surface area contributed by atoms with Crippen LogP contribution in [0, 0.1) is 5.41 Å². The van der Waals surface area contributed by atoms with Crippen LogP contribution in [0.25, 0.3) is 10.8 Å². The van der Waals surface area contributed by atoms with Gasteiger partial charge in [0.25, 0.3) is 0 Å². The number of hydrogen-bond donors (Lipinski definition) is 1. The fourth-order valence-electron chi connectivity index (χ4n) is 6.73. The van der Waals surface area contributed by atoms with Crippen LogP contribution in [0.3, 0.4) is 0 Å². The molecule has 0 spiro atoms. The Morgan fingerprint density at radius 2 is 1.35 bits per heavy atom. The number of hydrogen-bond acceptors (Lipinski definition) is 2. The Labute approximate surface area is 242 Å². The summed E-state index contributed by atoms with van der Waals surface area (Å²) in [6.45, 7) is 18.5.